The lowest BCUT2D eigenvalue weighted by molar-refractivity contribution is -0.214. The Morgan fingerprint density at radius 2 is 1.45 bits per heavy atom. The Morgan fingerprint density at radius 3 is 1.98 bits per heavy atom. The first kappa shape index (κ1) is 39.9. The van der Waals surface area contributed by atoms with Crippen LogP contribution in [0.1, 0.15) is 28.5 Å². The Bertz CT molecular complexity index is 1500. The van der Waals surface area contributed by atoms with E-state index in [0.717, 1.165) is 81.6 Å². The number of phenolic OH excluding ortho intramolecular Hbond substituents is 1. The number of carbonyl (C=O) groups excluding carboxylic acids is 1. The molecule has 0 unspecified atom stereocenters. The summed E-state index contributed by atoms with van der Waals surface area (Å²) in [5, 5.41) is 37.6. The maximum absolute atomic E-state index is 13.8. The number of aliphatic hydroxyl groups excluding tert-OH is 2. The van der Waals surface area contributed by atoms with E-state index in [-0.39, 0.29) is 25.6 Å². The van der Waals surface area contributed by atoms with E-state index in [2.05, 4.69) is 57.6 Å². The van der Waals surface area contributed by atoms with E-state index in [4.69, 9.17) is 24.4 Å². The molecule has 0 spiro atoms. The molecule has 51 heavy (non-hydrogen) atoms. The van der Waals surface area contributed by atoms with Gasteiger partial charge in [0.05, 0.1) is 68.3 Å². The lowest BCUT2D eigenvalue weighted by Crippen LogP contribution is -2.62. The van der Waals surface area contributed by atoms with E-state index >= 15 is 0 Å². The first-order valence-electron chi connectivity index (χ1n) is 17.8. The van der Waals surface area contributed by atoms with Crippen molar-refractivity contribution in [3.05, 3.63) is 57.7 Å². The third-order valence-electron chi connectivity index (χ3n) is 9.46. The van der Waals surface area contributed by atoms with Gasteiger partial charge in [0.25, 0.3) is 0 Å². The molecule has 5 rings (SSSR count). The average molecular weight is 794 g/mol. The normalized spacial score (nSPS) is 16.8. The zero-order chi connectivity index (χ0) is 36.2. The second-order valence-electron chi connectivity index (χ2n) is 12.6. The average Bonchev–Trinajstić information content (AvgIpc) is 3.43. The Kier molecular flexibility index (Phi) is 15.8. The standard InChI is InChI=1S/C36H53BrN6O7S/c1-3-50-36(47)34-32(27-51-28-7-5-4-6-8-28)38(2)31-25-30(37)35(46)29(33(31)34)26-43(41-13-9-39(10-14-41)17-21-48-23-19-44)42-15-11-40(12-16-42)18-22-49-24-20-45/h4-8,25,44-46H,3,9-24,26-27H2,1-2H3. The van der Waals surface area contributed by atoms with E-state index in [1.54, 1.807) is 11.8 Å². The molecular weight excluding hydrogens is 740 g/mol. The van der Waals surface area contributed by atoms with Crippen LogP contribution < -0.4 is 0 Å². The highest BCUT2D eigenvalue weighted by atomic mass is 79.9. The summed E-state index contributed by atoms with van der Waals surface area (Å²) in [5.41, 5.74) is 2.86. The minimum Gasteiger partial charge on any atom is -0.506 e. The Balaban J connectivity index is 1.46. The van der Waals surface area contributed by atoms with Crippen LogP contribution in [0.2, 0.25) is 0 Å². The van der Waals surface area contributed by atoms with Crippen LogP contribution in [-0.4, -0.2) is 162 Å². The summed E-state index contributed by atoms with van der Waals surface area (Å²) in [6.45, 7) is 12.4. The maximum atomic E-state index is 13.8. The minimum atomic E-state index is -0.393. The SMILES string of the molecule is CCOC(=O)c1c(CSc2ccccc2)n(C)c2cc(Br)c(O)c(CN(N3CCN(CCOCCO)CC3)N3CCN(CCOCCO)CC3)c12. The van der Waals surface area contributed by atoms with Crippen LogP contribution in [0.3, 0.4) is 0 Å². The van der Waals surface area contributed by atoms with Crippen molar-refractivity contribution in [2.45, 2.75) is 24.1 Å². The molecule has 2 aliphatic heterocycles. The third-order valence-corrected chi connectivity index (χ3v) is 11.1. The van der Waals surface area contributed by atoms with Gasteiger partial charge in [-0.05, 0) is 41.1 Å². The van der Waals surface area contributed by atoms with Gasteiger partial charge in [-0.15, -0.1) is 11.8 Å². The molecule has 0 amide bonds. The zero-order valence-electron chi connectivity index (χ0n) is 29.8. The van der Waals surface area contributed by atoms with Crippen LogP contribution in [0.15, 0.2) is 45.8 Å². The summed E-state index contributed by atoms with van der Waals surface area (Å²) < 4.78 is 19.4. The quantitative estimate of drug-likeness (QED) is 0.0937. The number of aryl methyl sites for hydroxylation is 1. The van der Waals surface area contributed by atoms with Gasteiger partial charge in [0.15, 0.2) is 0 Å². The number of benzene rings is 2. The molecule has 1 aromatic heterocycles. The van der Waals surface area contributed by atoms with Crippen molar-refractivity contribution >= 4 is 44.6 Å². The van der Waals surface area contributed by atoms with Crippen molar-refractivity contribution in [3.8, 4) is 5.75 Å². The number of aromatic nitrogens is 1. The highest BCUT2D eigenvalue weighted by Gasteiger charge is 2.33. The predicted molar refractivity (Wildman–Crippen MR) is 202 cm³/mol. The molecule has 2 aliphatic rings. The number of rotatable bonds is 19. The molecule has 13 nitrogen and oxygen atoms in total. The number of hydrogen-bond acceptors (Lipinski definition) is 13. The summed E-state index contributed by atoms with van der Waals surface area (Å²) in [6, 6.07) is 12.0. The number of phenols is 1. The van der Waals surface area contributed by atoms with Crippen LogP contribution in [0.25, 0.3) is 10.9 Å². The topological polar surface area (TPSA) is 127 Å². The molecule has 3 aromatic rings. The fourth-order valence-corrected chi connectivity index (χ4v) is 8.16. The van der Waals surface area contributed by atoms with Crippen molar-refractivity contribution in [2.75, 3.05) is 112 Å². The summed E-state index contributed by atoms with van der Waals surface area (Å²) in [5.74, 6) is 0.277. The third kappa shape index (κ3) is 10.4. The molecule has 282 valence electrons. The molecule has 3 heterocycles. The number of halogens is 1. The molecule has 2 fully saturated rings. The molecule has 2 aromatic carbocycles. The number of esters is 1. The van der Waals surface area contributed by atoms with Crippen LogP contribution in [0, 0.1) is 0 Å². The van der Waals surface area contributed by atoms with E-state index in [1.807, 2.05) is 38.2 Å². The highest BCUT2D eigenvalue weighted by Crippen LogP contribution is 2.41. The largest absolute Gasteiger partial charge is 0.506 e. The van der Waals surface area contributed by atoms with E-state index < -0.39 is 5.97 Å². The maximum Gasteiger partial charge on any atom is 0.340 e. The Morgan fingerprint density at radius 1 is 0.882 bits per heavy atom. The smallest absolute Gasteiger partial charge is 0.340 e. The van der Waals surface area contributed by atoms with Gasteiger partial charge in [0.2, 0.25) is 0 Å². The number of carbonyl (C=O) groups is 1. The number of fused-ring (bicyclic) bond motifs is 1. The van der Waals surface area contributed by atoms with Gasteiger partial charge in [-0.25, -0.2) is 14.8 Å². The van der Waals surface area contributed by atoms with Gasteiger partial charge in [-0.2, -0.15) is 5.12 Å². The van der Waals surface area contributed by atoms with Crippen molar-refractivity contribution in [3.63, 3.8) is 0 Å². The fraction of sp³-hybridized carbons (Fsp3) is 0.583. The molecule has 0 bridgehead atoms. The number of nitrogens with zero attached hydrogens (tertiary/aromatic N) is 6. The van der Waals surface area contributed by atoms with Gasteiger partial charge in [0.1, 0.15) is 5.75 Å². The van der Waals surface area contributed by atoms with Gasteiger partial charge >= 0.3 is 5.97 Å². The summed E-state index contributed by atoms with van der Waals surface area (Å²) in [7, 11) is 1.98. The van der Waals surface area contributed by atoms with E-state index in [0.29, 0.717) is 59.7 Å². The molecule has 0 aliphatic carbocycles. The summed E-state index contributed by atoms with van der Waals surface area (Å²) in [6.07, 6.45) is 0. The summed E-state index contributed by atoms with van der Waals surface area (Å²) in [4.78, 5) is 19.7. The Hall–Kier alpha value is -2.28. The van der Waals surface area contributed by atoms with Crippen molar-refractivity contribution in [2.24, 2.45) is 7.05 Å². The number of hydrogen-bond donors (Lipinski definition) is 3. The number of aliphatic hydroxyl groups is 2. The lowest BCUT2D eigenvalue weighted by Gasteiger charge is -2.48. The highest BCUT2D eigenvalue weighted by molar-refractivity contribution is 9.10. The van der Waals surface area contributed by atoms with Crippen molar-refractivity contribution in [1.82, 2.24) is 29.5 Å². The summed E-state index contributed by atoms with van der Waals surface area (Å²) >= 11 is 5.31. The van der Waals surface area contributed by atoms with Crippen LogP contribution in [0.4, 0.5) is 0 Å². The second-order valence-corrected chi connectivity index (χ2v) is 14.5. The van der Waals surface area contributed by atoms with Gasteiger partial charge in [0, 0.05) is 99.8 Å². The van der Waals surface area contributed by atoms with Crippen molar-refractivity contribution < 1.29 is 34.3 Å². The van der Waals surface area contributed by atoms with Crippen LogP contribution in [0.5, 0.6) is 5.75 Å². The first-order valence-corrected chi connectivity index (χ1v) is 19.6. The number of piperazine rings is 2. The monoisotopic (exact) mass is 792 g/mol. The molecular formula is C36H53BrN6O7S. The molecule has 0 atom stereocenters. The lowest BCUT2D eigenvalue weighted by atomic mass is 10.0. The van der Waals surface area contributed by atoms with Gasteiger partial charge in [-0.1, -0.05) is 18.2 Å². The predicted octanol–water partition coefficient (Wildman–Crippen LogP) is 3.00. The minimum absolute atomic E-state index is 0.0219. The number of thioether (sulfide) groups is 1. The Labute approximate surface area is 313 Å². The fourth-order valence-electron chi connectivity index (χ4n) is 6.72. The molecule has 0 saturated carbocycles. The van der Waals surface area contributed by atoms with Crippen molar-refractivity contribution in [1.29, 1.82) is 0 Å². The van der Waals surface area contributed by atoms with E-state index in [9.17, 15) is 9.90 Å². The van der Waals surface area contributed by atoms with E-state index in [1.165, 1.54) is 0 Å². The number of hydrazine groups is 2. The zero-order valence-corrected chi connectivity index (χ0v) is 32.2. The molecule has 15 heteroatoms. The number of ether oxygens (including phenoxy) is 3. The first-order chi connectivity index (χ1) is 24.9. The molecule has 0 radical (unpaired) electrons. The second kappa shape index (κ2) is 20.3. The van der Waals surface area contributed by atoms with Gasteiger partial charge < -0.3 is 34.1 Å². The molecule has 3 N–H and O–H groups in total. The number of aromatic hydroxyl groups is 1. The van der Waals surface area contributed by atoms with Crippen LogP contribution in [-0.2, 0) is 33.6 Å². The van der Waals surface area contributed by atoms with Gasteiger partial charge in [-0.3, -0.25) is 9.80 Å². The van der Waals surface area contributed by atoms with Crippen LogP contribution >= 0.6 is 27.7 Å². The molecule has 2 saturated heterocycles.